The highest BCUT2D eigenvalue weighted by atomic mass is 35.5. The van der Waals surface area contributed by atoms with Crippen LogP contribution < -0.4 is 10.1 Å². The molecule has 3 N–H and O–H groups in total. The third-order valence-corrected chi connectivity index (χ3v) is 6.83. The first-order valence-electron chi connectivity index (χ1n) is 11.2. The van der Waals surface area contributed by atoms with Crippen molar-refractivity contribution in [1.29, 1.82) is 0 Å². The summed E-state index contributed by atoms with van der Waals surface area (Å²) >= 11 is 6.57. The number of imidazole rings is 1. The van der Waals surface area contributed by atoms with E-state index in [-0.39, 0.29) is 24.9 Å². The average Bonchev–Trinajstić information content (AvgIpc) is 3.62. The molecule has 0 saturated carbocycles. The number of halogens is 1. The third kappa shape index (κ3) is 3.29. The van der Waals surface area contributed by atoms with Gasteiger partial charge in [-0.2, -0.15) is 10.1 Å². The number of aromatic nitrogens is 5. The number of aliphatic hydroxyl groups excluding tert-OH is 1. The van der Waals surface area contributed by atoms with Gasteiger partial charge in [0.2, 0.25) is 0 Å². The number of aliphatic hydroxyl groups is 1. The molecule has 0 unspecified atom stereocenters. The molecule has 11 heteroatoms. The molecule has 0 spiro atoms. The Morgan fingerprint density at radius 1 is 1.09 bits per heavy atom. The number of ether oxygens (including phenoxy) is 3. The van der Waals surface area contributed by atoms with E-state index in [4.69, 9.17) is 25.8 Å². The molecule has 174 valence electrons. The Kier molecular flexibility index (Phi) is 4.64. The lowest BCUT2D eigenvalue weighted by Gasteiger charge is -2.15. The summed E-state index contributed by atoms with van der Waals surface area (Å²) in [7, 11) is 0. The van der Waals surface area contributed by atoms with Gasteiger partial charge in [0.15, 0.2) is 11.8 Å². The van der Waals surface area contributed by atoms with Crippen molar-refractivity contribution < 1.29 is 19.3 Å². The van der Waals surface area contributed by atoms with Crippen LogP contribution in [0.1, 0.15) is 11.3 Å². The predicted octanol–water partition coefficient (Wildman–Crippen LogP) is 1.97. The number of nitrogens with one attached hydrogen (secondary N) is 2. The zero-order chi connectivity index (χ0) is 22.8. The Bertz CT molecular complexity index is 1360. The first-order chi connectivity index (χ1) is 16.6. The number of aromatic amines is 1. The third-order valence-electron chi connectivity index (χ3n) is 6.54. The van der Waals surface area contributed by atoms with Crippen LogP contribution in [0.2, 0.25) is 5.02 Å². The van der Waals surface area contributed by atoms with E-state index in [1.54, 1.807) is 6.07 Å². The molecule has 1 aromatic carbocycles. The van der Waals surface area contributed by atoms with Gasteiger partial charge in [-0.05, 0) is 18.2 Å². The minimum absolute atomic E-state index is 0.245. The number of H-pyrrole nitrogens is 1. The molecule has 0 aliphatic carbocycles. The van der Waals surface area contributed by atoms with Gasteiger partial charge in [0.25, 0.3) is 6.01 Å². The van der Waals surface area contributed by atoms with Crippen LogP contribution in [-0.4, -0.2) is 67.5 Å². The van der Waals surface area contributed by atoms with Crippen LogP contribution in [0.3, 0.4) is 0 Å². The highest BCUT2D eigenvalue weighted by Crippen LogP contribution is 2.32. The van der Waals surface area contributed by atoms with E-state index < -0.39 is 6.10 Å². The number of hydrogen-bond donors (Lipinski definition) is 3. The Morgan fingerprint density at radius 2 is 1.94 bits per heavy atom. The number of nitrogens with zero attached hydrogens (tertiary/aromatic N) is 4. The molecular formula is C23H21ClN6O4. The van der Waals surface area contributed by atoms with Gasteiger partial charge in [-0.15, -0.1) is 0 Å². The van der Waals surface area contributed by atoms with Crippen LogP contribution >= 0.6 is 11.6 Å². The van der Waals surface area contributed by atoms with E-state index in [1.165, 1.54) is 5.56 Å². The van der Waals surface area contributed by atoms with Gasteiger partial charge in [-0.1, -0.05) is 23.7 Å². The Balaban J connectivity index is 1.14. The maximum atomic E-state index is 9.91. The van der Waals surface area contributed by atoms with Gasteiger partial charge in [0.1, 0.15) is 18.3 Å². The Hall–Kier alpha value is -3.02. The van der Waals surface area contributed by atoms with Crippen molar-refractivity contribution in [3.63, 3.8) is 0 Å². The van der Waals surface area contributed by atoms with Crippen LogP contribution in [0.5, 0.6) is 6.01 Å². The lowest BCUT2D eigenvalue weighted by Crippen LogP contribution is -2.34. The predicted molar refractivity (Wildman–Crippen MR) is 122 cm³/mol. The molecule has 6 heterocycles. The molecule has 3 aromatic heterocycles. The molecule has 3 aliphatic rings. The first kappa shape index (κ1) is 20.4. The molecule has 0 amide bonds. The highest BCUT2D eigenvalue weighted by molar-refractivity contribution is 6.33. The van der Waals surface area contributed by atoms with Crippen molar-refractivity contribution in [2.24, 2.45) is 0 Å². The van der Waals surface area contributed by atoms with Crippen LogP contribution in [-0.2, 0) is 22.6 Å². The second-order valence-electron chi connectivity index (χ2n) is 8.75. The summed E-state index contributed by atoms with van der Waals surface area (Å²) in [5.41, 5.74) is 5.97. The van der Waals surface area contributed by atoms with Gasteiger partial charge >= 0.3 is 0 Å². The maximum absolute atomic E-state index is 9.91. The Morgan fingerprint density at radius 3 is 2.79 bits per heavy atom. The number of pyridine rings is 1. The second kappa shape index (κ2) is 7.76. The van der Waals surface area contributed by atoms with Crippen LogP contribution in [0.15, 0.2) is 36.5 Å². The van der Waals surface area contributed by atoms with Gasteiger partial charge in [0.05, 0.1) is 40.8 Å². The average molecular weight is 481 g/mol. The quantitative estimate of drug-likeness (QED) is 0.405. The van der Waals surface area contributed by atoms with E-state index in [9.17, 15) is 5.11 Å². The van der Waals surface area contributed by atoms with Crippen molar-refractivity contribution in [1.82, 2.24) is 30.0 Å². The summed E-state index contributed by atoms with van der Waals surface area (Å²) in [5, 5.41) is 18.4. The molecular weight excluding hydrogens is 460 g/mol. The number of rotatable bonds is 4. The molecule has 0 radical (unpaired) electrons. The summed E-state index contributed by atoms with van der Waals surface area (Å²) in [6.45, 7) is 2.23. The van der Waals surface area contributed by atoms with Gasteiger partial charge < -0.3 is 29.6 Å². The Labute approximate surface area is 198 Å². The van der Waals surface area contributed by atoms with Crippen molar-refractivity contribution in [3.8, 4) is 23.0 Å². The number of fused-ring (bicyclic) bond motifs is 3. The topological polar surface area (TPSA) is 119 Å². The van der Waals surface area contributed by atoms with E-state index in [0.29, 0.717) is 34.5 Å². The second-order valence-corrected chi connectivity index (χ2v) is 9.15. The van der Waals surface area contributed by atoms with Crippen molar-refractivity contribution in [3.05, 3.63) is 52.8 Å². The van der Waals surface area contributed by atoms with Gasteiger partial charge in [0, 0.05) is 30.4 Å². The minimum atomic E-state index is -0.630. The van der Waals surface area contributed by atoms with E-state index >= 15 is 0 Å². The normalized spacial score (nSPS) is 25.7. The maximum Gasteiger partial charge on any atom is 0.296 e. The van der Waals surface area contributed by atoms with Crippen LogP contribution in [0, 0.1) is 0 Å². The molecule has 4 aromatic rings. The minimum Gasteiger partial charge on any atom is -0.456 e. The van der Waals surface area contributed by atoms with Crippen LogP contribution in [0.4, 0.5) is 0 Å². The molecule has 2 saturated heterocycles. The summed E-state index contributed by atoms with van der Waals surface area (Å²) in [4.78, 5) is 12.3. The summed E-state index contributed by atoms with van der Waals surface area (Å²) in [5.74, 6) is 0. The van der Waals surface area contributed by atoms with Crippen LogP contribution in [0.25, 0.3) is 28.1 Å². The van der Waals surface area contributed by atoms with E-state index in [0.717, 1.165) is 30.0 Å². The zero-order valence-electron chi connectivity index (χ0n) is 17.9. The first-order valence-corrected chi connectivity index (χ1v) is 11.5. The zero-order valence-corrected chi connectivity index (χ0v) is 18.7. The fourth-order valence-corrected chi connectivity index (χ4v) is 5.06. The fraction of sp³-hybridized carbons (Fsp3) is 0.348. The summed E-state index contributed by atoms with van der Waals surface area (Å²) in [6, 6.07) is 10.1. The standard InChI is InChI=1S/C23H21ClN6O4/c24-14-5-15-22(28-23(26-15)34-18-10-33-20-17(31)9-32-21(18)20)27-19(14)11-1-3-13(4-2-11)30-8-12-6-25-7-16(12)29-30/h1-5,8,17-18,20-21,25,31H,6-7,9-10H2,(H,26,27,28)/t17-,18-,20-,21-/m1/s1. The summed E-state index contributed by atoms with van der Waals surface area (Å²) < 4.78 is 19.1. The van der Waals surface area contributed by atoms with Gasteiger partial charge in [-0.25, -0.2) is 9.67 Å². The molecule has 3 aliphatic heterocycles. The van der Waals surface area contributed by atoms with Crippen molar-refractivity contribution >= 4 is 22.8 Å². The summed E-state index contributed by atoms with van der Waals surface area (Å²) in [6.07, 6.45) is 0.387. The lowest BCUT2D eigenvalue weighted by molar-refractivity contribution is 0.00706. The molecule has 0 bridgehead atoms. The molecule has 10 nitrogen and oxygen atoms in total. The van der Waals surface area contributed by atoms with Gasteiger partial charge in [-0.3, -0.25) is 0 Å². The number of hydrogen-bond acceptors (Lipinski definition) is 8. The smallest absolute Gasteiger partial charge is 0.296 e. The fourth-order valence-electron chi connectivity index (χ4n) is 4.80. The van der Waals surface area contributed by atoms with E-state index in [2.05, 4.69) is 31.6 Å². The van der Waals surface area contributed by atoms with Crippen molar-refractivity contribution in [2.45, 2.75) is 37.5 Å². The molecule has 2 fully saturated rings. The lowest BCUT2D eigenvalue weighted by atomic mass is 10.1. The van der Waals surface area contributed by atoms with Crippen molar-refractivity contribution in [2.75, 3.05) is 13.2 Å². The molecule has 34 heavy (non-hydrogen) atoms. The monoisotopic (exact) mass is 480 g/mol. The molecule has 7 rings (SSSR count). The number of benzene rings is 1. The van der Waals surface area contributed by atoms with E-state index in [1.807, 2.05) is 28.9 Å². The molecule has 4 atom stereocenters. The SMILES string of the molecule is O[C@@H]1CO[C@H]2[C@@H]1OC[C@H]2Oc1nc2nc(-c3ccc(-n4cc5c(n4)CNC5)cc3)c(Cl)cc2[nH]1. The highest BCUT2D eigenvalue weighted by Gasteiger charge is 2.48. The largest absolute Gasteiger partial charge is 0.456 e.